The molecule has 27 heavy (non-hydrogen) atoms. The number of hydrogen-bond donors (Lipinski definition) is 1. The van der Waals surface area contributed by atoms with Crippen LogP contribution in [0.2, 0.25) is 5.02 Å². The normalized spacial score (nSPS) is 24.9. The number of piperidine rings is 1. The fourth-order valence-electron chi connectivity index (χ4n) is 4.25. The number of hydrogen-bond acceptors (Lipinski definition) is 5. The summed E-state index contributed by atoms with van der Waals surface area (Å²) in [6.45, 7) is 6.37. The number of aliphatic hydroxyl groups is 1. The van der Waals surface area contributed by atoms with Crippen molar-refractivity contribution >= 4 is 17.4 Å². The van der Waals surface area contributed by atoms with Gasteiger partial charge in [-0.15, -0.1) is 0 Å². The van der Waals surface area contributed by atoms with Gasteiger partial charge in [-0.05, 0) is 30.2 Å². The van der Waals surface area contributed by atoms with Crippen LogP contribution in [0, 0.1) is 0 Å². The molecule has 1 aromatic carbocycles. The van der Waals surface area contributed by atoms with Gasteiger partial charge in [0.05, 0.1) is 6.10 Å². The number of benzene rings is 1. The van der Waals surface area contributed by atoms with Crippen LogP contribution in [0.3, 0.4) is 0 Å². The molecule has 0 unspecified atom stereocenters. The molecular weight excluding hydrogens is 360 g/mol. The van der Waals surface area contributed by atoms with E-state index in [9.17, 15) is 5.11 Å². The summed E-state index contributed by atoms with van der Waals surface area (Å²) in [7, 11) is 0. The number of halogens is 1. The number of anilines is 1. The Morgan fingerprint density at radius 2 is 1.78 bits per heavy atom. The highest BCUT2D eigenvalue weighted by Crippen LogP contribution is 2.23. The van der Waals surface area contributed by atoms with Gasteiger partial charge >= 0.3 is 0 Å². The number of piperazine rings is 1. The Morgan fingerprint density at radius 1 is 1.00 bits per heavy atom. The van der Waals surface area contributed by atoms with Crippen LogP contribution in [0.5, 0.6) is 0 Å². The zero-order valence-electron chi connectivity index (χ0n) is 15.5. The Labute approximate surface area is 166 Å². The highest BCUT2D eigenvalue weighted by Gasteiger charge is 2.33. The van der Waals surface area contributed by atoms with E-state index in [0.717, 1.165) is 62.1 Å². The maximum absolute atomic E-state index is 10.8. The summed E-state index contributed by atoms with van der Waals surface area (Å²) >= 11 is 6.29. The highest BCUT2D eigenvalue weighted by atomic mass is 35.5. The molecule has 5 nitrogen and oxygen atoms in total. The van der Waals surface area contributed by atoms with Gasteiger partial charge in [0.25, 0.3) is 0 Å². The zero-order chi connectivity index (χ0) is 18.6. The SMILES string of the molecule is O[C@@H]1CN(Cc2ccccc2Cl)CC[C@H]1N1CCN(c2ccccn2)CC1. The van der Waals surface area contributed by atoms with Crippen LogP contribution in [0.1, 0.15) is 12.0 Å². The second-order valence-electron chi connectivity index (χ2n) is 7.46. The standard InChI is InChI=1S/C21H27ClN4O/c22-18-6-2-1-5-17(18)15-24-10-8-19(20(27)16-24)25-11-13-26(14-12-25)21-7-3-4-9-23-21/h1-7,9,19-20,27H,8,10-16H2/t19-,20-/m1/s1. The largest absolute Gasteiger partial charge is 0.390 e. The van der Waals surface area contributed by atoms with E-state index in [1.165, 1.54) is 0 Å². The average Bonchev–Trinajstić information content (AvgIpc) is 2.71. The predicted octanol–water partition coefficient (Wildman–Crippen LogP) is 2.49. The maximum atomic E-state index is 10.8. The van der Waals surface area contributed by atoms with Gasteiger partial charge in [-0.3, -0.25) is 9.80 Å². The van der Waals surface area contributed by atoms with E-state index in [2.05, 4.69) is 31.8 Å². The van der Waals surface area contributed by atoms with E-state index >= 15 is 0 Å². The van der Waals surface area contributed by atoms with E-state index in [1.807, 2.05) is 36.5 Å². The van der Waals surface area contributed by atoms with Gasteiger partial charge in [0, 0.05) is 63.1 Å². The van der Waals surface area contributed by atoms with Crippen LogP contribution >= 0.6 is 11.6 Å². The van der Waals surface area contributed by atoms with Crippen molar-refractivity contribution in [2.24, 2.45) is 0 Å². The first-order valence-corrected chi connectivity index (χ1v) is 10.1. The molecule has 0 amide bonds. The molecule has 2 aromatic rings. The molecule has 2 saturated heterocycles. The monoisotopic (exact) mass is 386 g/mol. The molecule has 0 radical (unpaired) electrons. The van der Waals surface area contributed by atoms with Crippen molar-refractivity contribution in [1.82, 2.24) is 14.8 Å². The second-order valence-corrected chi connectivity index (χ2v) is 7.87. The van der Waals surface area contributed by atoms with Gasteiger partial charge in [0.15, 0.2) is 0 Å². The van der Waals surface area contributed by atoms with Gasteiger partial charge in [-0.1, -0.05) is 35.9 Å². The van der Waals surface area contributed by atoms with E-state index in [-0.39, 0.29) is 12.1 Å². The van der Waals surface area contributed by atoms with Gasteiger partial charge in [-0.2, -0.15) is 0 Å². The molecule has 144 valence electrons. The fraction of sp³-hybridized carbons (Fsp3) is 0.476. The molecule has 3 heterocycles. The first-order valence-electron chi connectivity index (χ1n) is 9.74. The van der Waals surface area contributed by atoms with Crippen molar-refractivity contribution in [3.63, 3.8) is 0 Å². The molecule has 4 rings (SSSR count). The van der Waals surface area contributed by atoms with Crippen LogP contribution in [0.4, 0.5) is 5.82 Å². The third-order valence-electron chi connectivity index (χ3n) is 5.74. The van der Waals surface area contributed by atoms with Crippen molar-refractivity contribution in [2.75, 3.05) is 44.2 Å². The topological polar surface area (TPSA) is 42.8 Å². The minimum absolute atomic E-state index is 0.248. The van der Waals surface area contributed by atoms with Crippen molar-refractivity contribution < 1.29 is 5.11 Å². The van der Waals surface area contributed by atoms with E-state index in [1.54, 1.807) is 0 Å². The summed E-state index contributed by atoms with van der Waals surface area (Å²) in [5.41, 5.74) is 1.13. The first kappa shape index (κ1) is 18.7. The fourth-order valence-corrected chi connectivity index (χ4v) is 4.44. The second kappa shape index (κ2) is 8.57. The molecule has 2 aliphatic rings. The lowest BCUT2D eigenvalue weighted by molar-refractivity contribution is -0.0172. The summed E-state index contributed by atoms with van der Waals surface area (Å²) < 4.78 is 0. The predicted molar refractivity (Wildman–Crippen MR) is 109 cm³/mol. The molecule has 2 aliphatic heterocycles. The lowest BCUT2D eigenvalue weighted by atomic mass is 9.98. The molecule has 0 saturated carbocycles. The van der Waals surface area contributed by atoms with E-state index < -0.39 is 0 Å². The first-order chi connectivity index (χ1) is 13.2. The molecular formula is C21H27ClN4O. The molecule has 0 bridgehead atoms. The van der Waals surface area contributed by atoms with Crippen LogP contribution in [-0.2, 0) is 6.54 Å². The Balaban J connectivity index is 1.30. The molecule has 1 N–H and O–H groups in total. The van der Waals surface area contributed by atoms with Crippen molar-refractivity contribution in [3.05, 3.63) is 59.2 Å². The zero-order valence-corrected chi connectivity index (χ0v) is 16.3. The van der Waals surface area contributed by atoms with Crippen molar-refractivity contribution in [2.45, 2.75) is 25.1 Å². The number of β-amino-alcohol motifs (C(OH)–C–C–N with tert-alkyl or cyclic N) is 1. The third kappa shape index (κ3) is 4.43. The van der Waals surface area contributed by atoms with E-state index in [0.29, 0.717) is 6.54 Å². The lowest BCUT2D eigenvalue weighted by Crippen LogP contribution is -2.58. The smallest absolute Gasteiger partial charge is 0.128 e. The van der Waals surface area contributed by atoms with Gasteiger partial charge < -0.3 is 10.0 Å². The quantitative estimate of drug-likeness (QED) is 0.874. The van der Waals surface area contributed by atoms with Gasteiger partial charge in [0.1, 0.15) is 5.82 Å². The molecule has 6 heteroatoms. The van der Waals surface area contributed by atoms with Crippen molar-refractivity contribution in [3.8, 4) is 0 Å². The van der Waals surface area contributed by atoms with Crippen molar-refractivity contribution in [1.29, 1.82) is 0 Å². The summed E-state index contributed by atoms with van der Waals surface area (Å²) in [5, 5.41) is 11.6. The summed E-state index contributed by atoms with van der Waals surface area (Å²) in [5.74, 6) is 1.05. The number of aliphatic hydroxyl groups excluding tert-OH is 1. The van der Waals surface area contributed by atoms with E-state index in [4.69, 9.17) is 11.6 Å². The molecule has 0 spiro atoms. The molecule has 2 fully saturated rings. The van der Waals surface area contributed by atoms with Crippen LogP contribution in [-0.4, -0.2) is 71.3 Å². The Morgan fingerprint density at radius 3 is 2.48 bits per heavy atom. The summed E-state index contributed by atoms with van der Waals surface area (Å²) in [6.07, 6.45) is 2.53. The molecule has 2 atom stereocenters. The number of pyridine rings is 1. The minimum atomic E-state index is -0.317. The summed E-state index contributed by atoms with van der Waals surface area (Å²) in [4.78, 5) is 11.5. The average molecular weight is 387 g/mol. The number of rotatable bonds is 4. The highest BCUT2D eigenvalue weighted by molar-refractivity contribution is 6.31. The van der Waals surface area contributed by atoms with Gasteiger partial charge in [0.2, 0.25) is 0 Å². The Bertz CT molecular complexity index is 736. The molecule has 0 aliphatic carbocycles. The number of aromatic nitrogens is 1. The lowest BCUT2D eigenvalue weighted by Gasteiger charge is -2.45. The van der Waals surface area contributed by atoms with Crippen LogP contribution < -0.4 is 4.90 Å². The van der Waals surface area contributed by atoms with Gasteiger partial charge in [-0.25, -0.2) is 4.98 Å². The van der Waals surface area contributed by atoms with Crippen LogP contribution in [0.15, 0.2) is 48.7 Å². The maximum Gasteiger partial charge on any atom is 0.128 e. The minimum Gasteiger partial charge on any atom is -0.390 e. The Hall–Kier alpha value is -1.66. The third-order valence-corrected chi connectivity index (χ3v) is 6.11. The molecule has 1 aromatic heterocycles. The number of nitrogens with zero attached hydrogens (tertiary/aromatic N) is 4. The van der Waals surface area contributed by atoms with Crippen LogP contribution in [0.25, 0.3) is 0 Å². The Kier molecular flexibility index (Phi) is 5.93. The number of likely N-dealkylation sites (tertiary alicyclic amines) is 1. The summed E-state index contributed by atoms with van der Waals surface area (Å²) in [6, 6.07) is 14.3.